The number of hydrogen-bond donors (Lipinski definition) is 4. The number of hydrogen-bond acceptors (Lipinski definition) is 9. The van der Waals surface area contributed by atoms with Crippen molar-refractivity contribution in [1.82, 2.24) is 0 Å². The van der Waals surface area contributed by atoms with Crippen LogP contribution in [0.2, 0.25) is 0 Å². The lowest BCUT2D eigenvalue weighted by Gasteiger charge is -2.15. The van der Waals surface area contributed by atoms with Crippen LogP contribution in [-0.4, -0.2) is 95.0 Å². The Kier molecular flexibility index (Phi) is 5.04. The summed E-state index contributed by atoms with van der Waals surface area (Å²) in [4.78, 5) is 23.8. The maximum atomic E-state index is 12.0. The van der Waals surface area contributed by atoms with E-state index in [0.717, 1.165) is 0 Å². The second-order valence-corrected chi connectivity index (χ2v) is 5.02. The van der Waals surface area contributed by atoms with Gasteiger partial charge in [0.25, 0.3) is 0 Å². The van der Waals surface area contributed by atoms with Crippen molar-refractivity contribution in [2.45, 2.75) is 30.0 Å². The Morgan fingerprint density at radius 3 is 2.38 bits per heavy atom. The highest BCUT2D eigenvalue weighted by Gasteiger charge is 2.67. The van der Waals surface area contributed by atoms with Gasteiger partial charge in [0, 0.05) is 0 Å². The zero-order valence-corrected chi connectivity index (χ0v) is 11.2. The summed E-state index contributed by atoms with van der Waals surface area (Å²) in [5.41, 5.74) is -1.73. The van der Waals surface area contributed by atoms with Crippen LogP contribution >= 0.6 is 0 Å². The van der Waals surface area contributed by atoms with Gasteiger partial charge in [-0.25, -0.2) is 0 Å². The summed E-state index contributed by atoms with van der Waals surface area (Å²) in [6.45, 7) is -1.18. The molecule has 9 nitrogen and oxygen atoms in total. The van der Waals surface area contributed by atoms with Gasteiger partial charge in [-0.1, -0.05) is 0 Å². The largest absolute Gasteiger partial charge is 0.393 e. The molecule has 5 atom stereocenters. The normalized spacial score (nSPS) is 33.3. The lowest BCUT2D eigenvalue weighted by molar-refractivity contribution is -0.137. The van der Waals surface area contributed by atoms with E-state index in [1.165, 1.54) is 0 Å². The van der Waals surface area contributed by atoms with E-state index in [-0.39, 0.29) is 19.3 Å². The van der Waals surface area contributed by atoms with Crippen LogP contribution in [0.25, 0.3) is 0 Å². The molecule has 0 bridgehead atoms. The quantitative estimate of drug-likeness (QED) is 0.300. The predicted octanol–water partition coefficient (Wildman–Crippen LogP) is -3.62. The fourth-order valence-corrected chi connectivity index (χ4v) is 1.97. The van der Waals surface area contributed by atoms with Gasteiger partial charge in [-0.2, -0.15) is 0 Å². The van der Waals surface area contributed by atoms with Crippen molar-refractivity contribution in [2.75, 3.05) is 33.0 Å². The first kappa shape index (κ1) is 16.4. The van der Waals surface area contributed by atoms with Gasteiger partial charge in [0.15, 0.2) is 17.5 Å². The first-order valence-electron chi connectivity index (χ1n) is 6.49. The van der Waals surface area contributed by atoms with Crippen molar-refractivity contribution in [3.63, 3.8) is 0 Å². The minimum Gasteiger partial charge on any atom is -0.393 e. The van der Waals surface area contributed by atoms with Crippen molar-refractivity contribution >= 4 is 11.6 Å². The molecule has 2 saturated heterocycles. The summed E-state index contributed by atoms with van der Waals surface area (Å²) in [7, 11) is 0. The van der Waals surface area contributed by atoms with Crippen molar-refractivity contribution < 1.29 is 44.2 Å². The first-order valence-corrected chi connectivity index (χ1v) is 6.49. The number of carbonyl (C=O) groups excluding carboxylic acids is 2. The average molecular weight is 306 g/mol. The Balaban J connectivity index is 2.01. The van der Waals surface area contributed by atoms with Gasteiger partial charge in [-0.3, -0.25) is 9.59 Å². The van der Waals surface area contributed by atoms with E-state index < -0.39 is 48.7 Å². The average Bonchev–Trinajstić information content (AvgIpc) is 3.40. The van der Waals surface area contributed by atoms with E-state index in [9.17, 15) is 19.8 Å². The highest BCUT2D eigenvalue weighted by Crippen LogP contribution is 2.40. The predicted molar refractivity (Wildman–Crippen MR) is 64.4 cm³/mol. The van der Waals surface area contributed by atoms with Gasteiger partial charge in [-0.15, -0.1) is 0 Å². The third kappa shape index (κ3) is 3.46. The molecular formula is C12H18O9. The molecule has 0 spiro atoms. The third-order valence-corrected chi connectivity index (χ3v) is 3.37. The summed E-state index contributed by atoms with van der Waals surface area (Å²) in [5.74, 6) is -1.77. The van der Waals surface area contributed by atoms with E-state index in [1.807, 2.05) is 0 Å². The van der Waals surface area contributed by atoms with Crippen LogP contribution in [0.15, 0.2) is 0 Å². The van der Waals surface area contributed by atoms with Crippen molar-refractivity contribution in [3.05, 3.63) is 0 Å². The molecule has 0 aliphatic carbocycles. The number of Topliss-reactive ketones (excluding diaryl/α,β-unsaturated/α-hetero) is 2. The molecule has 2 aliphatic rings. The molecule has 9 heteroatoms. The van der Waals surface area contributed by atoms with Gasteiger partial charge in [0.1, 0.15) is 18.3 Å². The summed E-state index contributed by atoms with van der Waals surface area (Å²) >= 11 is 0. The molecule has 4 N–H and O–H groups in total. The van der Waals surface area contributed by atoms with Crippen LogP contribution < -0.4 is 0 Å². The second-order valence-electron chi connectivity index (χ2n) is 5.02. The summed E-state index contributed by atoms with van der Waals surface area (Å²) in [6.07, 6.45) is -4.76. The molecule has 2 heterocycles. The minimum atomic E-state index is -1.73. The minimum absolute atomic E-state index is 0.0594. The fourth-order valence-electron chi connectivity index (χ4n) is 1.97. The van der Waals surface area contributed by atoms with Crippen LogP contribution in [0, 0.1) is 0 Å². The molecule has 0 aromatic rings. The standard InChI is InChI=1S/C12H18O9/c13-1-7(15)9(17)11-12(21-11,10(18)8(16)2-14)5-19-3-6-4-20-6/h6-8,11,13-16H,1-5H2. The van der Waals surface area contributed by atoms with Gasteiger partial charge < -0.3 is 34.6 Å². The molecule has 2 fully saturated rings. The van der Waals surface area contributed by atoms with E-state index in [1.54, 1.807) is 0 Å². The highest BCUT2D eigenvalue weighted by atomic mass is 16.7. The van der Waals surface area contributed by atoms with Gasteiger partial charge in [0.2, 0.25) is 5.78 Å². The monoisotopic (exact) mass is 306 g/mol. The zero-order valence-electron chi connectivity index (χ0n) is 11.2. The number of aliphatic hydroxyl groups is 4. The molecule has 2 aliphatic heterocycles. The van der Waals surface area contributed by atoms with Crippen LogP contribution in [0.3, 0.4) is 0 Å². The molecule has 21 heavy (non-hydrogen) atoms. The molecule has 0 aromatic carbocycles. The van der Waals surface area contributed by atoms with Gasteiger partial charge >= 0.3 is 0 Å². The number of carbonyl (C=O) groups is 2. The van der Waals surface area contributed by atoms with Crippen molar-refractivity contribution in [1.29, 1.82) is 0 Å². The molecule has 2 rings (SSSR count). The molecule has 120 valence electrons. The number of ether oxygens (including phenoxy) is 3. The molecule has 5 unspecified atom stereocenters. The molecular weight excluding hydrogens is 288 g/mol. The molecule has 0 aromatic heterocycles. The second kappa shape index (κ2) is 6.44. The number of epoxide rings is 2. The van der Waals surface area contributed by atoms with Gasteiger partial charge in [0.05, 0.1) is 33.0 Å². The summed E-state index contributed by atoms with van der Waals surface area (Å²) < 4.78 is 15.2. The van der Waals surface area contributed by atoms with Crippen LogP contribution in [0.1, 0.15) is 0 Å². The van der Waals surface area contributed by atoms with E-state index in [0.29, 0.717) is 6.61 Å². The maximum absolute atomic E-state index is 12.0. The third-order valence-electron chi connectivity index (χ3n) is 3.37. The van der Waals surface area contributed by atoms with Crippen molar-refractivity contribution in [3.8, 4) is 0 Å². The number of ketones is 2. The lowest BCUT2D eigenvalue weighted by atomic mass is 9.93. The zero-order chi connectivity index (χ0) is 15.6. The first-order chi connectivity index (χ1) is 9.96. The Morgan fingerprint density at radius 2 is 1.86 bits per heavy atom. The van der Waals surface area contributed by atoms with Crippen LogP contribution in [-0.2, 0) is 23.8 Å². The van der Waals surface area contributed by atoms with Crippen LogP contribution in [0.5, 0.6) is 0 Å². The number of aliphatic hydroxyl groups excluding tert-OH is 4. The molecule has 0 saturated carbocycles. The Labute approximate surface area is 120 Å². The highest BCUT2D eigenvalue weighted by molar-refractivity contribution is 6.04. The van der Waals surface area contributed by atoms with E-state index >= 15 is 0 Å². The Hall–Kier alpha value is -0.940. The van der Waals surface area contributed by atoms with Crippen molar-refractivity contribution in [2.24, 2.45) is 0 Å². The van der Waals surface area contributed by atoms with E-state index in [4.69, 9.17) is 24.4 Å². The summed E-state index contributed by atoms with van der Waals surface area (Å²) in [6, 6.07) is 0. The SMILES string of the molecule is O=C(C(O)CO)C1OC1(COCC1CO1)C(=O)C(O)CO. The Morgan fingerprint density at radius 1 is 1.24 bits per heavy atom. The lowest BCUT2D eigenvalue weighted by Crippen LogP contribution is -2.45. The van der Waals surface area contributed by atoms with E-state index in [2.05, 4.69) is 0 Å². The number of rotatable bonds is 10. The Bertz CT molecular complexity index is 408. The van der Waals surface area contributed by atoms with Crippen LogP contribution in [0.4, 0.5) is 0 Å². The topological polar surface area (TPSA) is 149 Å². The van der Waals surface area contributed by atoms with Gasteiger partial charge in [-0.05, 0) is 0 Å². The maximum Gasteiger partial charge on any atom is 0.200 e. The molecule has 0 amide bonds. The smallest absolute Gasteiger partial charge is 0.200 e. The summed E-state index contributed by atoms with van der Waals surface area (Å²) in [5, 5.41) is 36.3. The molecule has 0 radical (unpaired) electrons. The fraction of sp³-hybridized carbons (Fsp3) is 0.833.